The van der Waals surface area contributed by atoms with Crippen LogP contribution in [-0.4, -0.2) is 34.2 Å². The van der Waals surface area contributed by atoms with Gasteiger partial charge in [0.2, 0.25) is 5.89 Å². The Morgan fingerprint density at radius 3 is 3.24 bits per heavy atom. The lowest BCUT2D eigenvalue weighted by atomic mass is 10.2. The minimum atomic E-state index is -0.108. The molecule has 0 aliphatic carbocycles. The Kier molecular flexibility index (Phi) is 3.41. The highest BCUT2D eigenvalue weighted by atomic mass is 16.5. The Morgan fingerprint density at radius 2 is 2.59 bits per heavy atom. The number of urea groups is 1. The number of nitrogens with zero attached hydrogens (tertiary/aromatic N) is 3. The Bertz CT molecular complexity index is 415. The molecule has 1 aliphatic rings. The van der Waals surface area contributed by atoms with Crippen molar-refractivity contribution in [1.29, 1.82) is 0 Å². The molecule has 1 unspecified atom stereocenters. The molecule has 1 atom stereocenters. The molecule has 0 radical (unpaired) electrons. The maximum Gasteiger partial charge on any atom is 0.318 e. The van der Waals surface area contributed by atoms with Crippen LogP contribution in [0, 0.1) is 6.92 Å². The molecule has 1 saturated heterocycles. The van der Waals surface area contributed by atoms with Gasteiger partial charge in [0.15, 0.2) is 5.82 Å². The minimum Gasteiger partial charge on any atom is -0.337 e. The monoisotopic (exact) mass is 236 g/mol. The number of carbonyl (C=O) groups excluding carboxylic acids is 1. The summed E-state index contributed by atoms with van der Waals surface area (Å²) in [5, 5.41) is 6.52. The SMILES string of the molecule is C=CCNC(=O)N1CCCC1c1nc(C)no1. The first kappa shape index (κ1) is 11.6. The normalized spacial score (nSPS) is 19.4. The van der Waals surface area contributed by atoms with Crippen LogP contribution in [0.25, 0.3) is 0 Å². The average molecular weight is 236 g/mol. The molecule has 6 heteroatoms. The van der Waals surface area contributed by atoms with Gasteiger partial charge in [-0.05, 0) is 19.8 Å². The van der Waals surface area contributed by atoms with Crippen molar-refractivity contribution in [3.05, 3.63) is 24.4 Å². The maximum absolute atomic E-state index is 11.9. The molecule has 0 spiro atoms. The summed E-state index contributed by atoms with van der Waals surface area (Å²) < 4.78 is 5.13. The average Bonchev–Trinajstić information content (AvgIpc) is 2.93. The number of rotatable bonds is 3. The van der Waals surface area contributed by atoms with Crippen LogP contribution >= 0.6 is 0 Å². The fourth-order valence-corrected chi connectivity index (χ4v) is 1.98. The molecule has 17 heavy (non-hydrogen) atoms. The van der Waals surface area contributed by atoms with E-state index >= 15 is 0 Å². The van der Waals surface area contributed by atoms with Gasteiger partial charge in [-0.1, -0.05) is 11.2 Å². The van der Waals surface area contributed by atoms with Crippen molar-refractivity contribution in [3.8, 4) is 0 Å². The summed E-state index contributed by atoms with van der Waals surface area (Å²) >= 11 is 0. The summed E-state index contributed by atoms with van der Waals surface area (Å²) in [6, 6.07) is -0.204. The number of hydrogen-bond donors (Lipinski definition) is 1. The van der Waals surface area contributed by atoms with Crippen LogP contribution in [0.3, 0.4) is 0 Å². The third-order valence-electron chi connectivity index (χ3n) is 2.74. The van der Waals surface area contributed by atoms with Crippen molar-refractivity contribution in [3.63, 3.8) is 0 Å². The van der Waals surface area contributed by atoms with Crippen LogP contribution in [0.15, 0.2) is 17.2 Å². The standard InChI is InChI=1S/C11H16N4O2/c1-3-6-12-11(16)15-7-4-5-9(15)10-13-8(2)14-17-10/h3,9H,1,4-7H2,2H3,(H,12,16). The van der Waals surface area contributed by atoms with Crippen LogP contribution in [0.4, 0.5) is 4.79 Å². The fraction of sp³-hybridized carbons (Fsp3) is 0.545. The Balaban J connectivity index is 2.06. The molecular formula is C11H16N4O2. The van der Waals surface area contributed by atoms with E-state index in [-0.39, 0.29) is 12.1 Å². The summed E-state index contributed by atoms with van der Waals surface area (Å²) in [6.45, 7) is 6.51. The third-order valence-corrected chi connectivity index (χ3v) is 2.74. The largest absolute Gasteiger partial charge is 0.337 e. The van der Waals surface area contributed by atoms with Crippen LogP contribution < -0.4 is 5.32 Å². The lowest BCUT2D eigenvalue weighted by Crippen LogP contribution is -2.39. The molecule has 2 rings (SSSR count). The van der Waals surface area contributed by atoms with Crippen molar-refractivity contribution in [2.24, 2.45) is 0 Å². The number of hydrogen-bond acceptors (Lipinski definition) is 4. The Labute approximate surface area is 99.7 Å². The molecule has 1 fully saturated rings. The van der Waals surface area contributed by atoms with E-state index in [0.29, 0.717) is 18.3 Å². The van der Waals surface area contributed by atoms with Crippen molar-refractivity contribution >= 4 is 6.03 Å². The smallest absolute Gasteiger partial charge is 0.318 e. The molecule has 2 heterocycles. The zero-order chi connectivity index (χ0) is 12.3. The summed E-state index contributed by atoms with van der Waals surface area (Å²) in [5.74, 6) is 1.12. The van der Waals surface area contributed by atoms with E-state index in [0.717, 1.165) is 19.4 Å². The molecule has 6 nitrogen and oxygen atoms in total. The number of carbonyl (C=O) groups is 1. The lowest BCUT2D eigenvalue weighted by Gasteiger charge is -2.21. The first-order valence-electron chi connectivity index (χ1n) is 5.68. The van der Waals surface area contributed by atoms with E-state index in [1.54, 1.807) is 17.9 Å². The van der Waals surface area contributed by atoms with Gasteiger partial charge < -0.3 is 14.7 Å². The number of nitrogens with one attached hydrogen (secondary N) is 1. The van der Waals surface area contributed by atoms with Gasteiger partial charge in [-0.15, -0.1) is 6.58 Å². The number of aromatic nitrogens is 2. The molecule has 0 saturated carbocycles. The van der Waals surface area contributed by atoms with E-state index in [2.05, 4.69) is 22.0 Å². The topological polar surface area (TPSA) is 71.3 Å². The van der Waals surface area contributed by atoms with Crippen LogP contribution in [0.1, 0.15) is 30.6 Å². The van der Waals surface area contributed by atoms with Gasteiger partial charge in [-0.25, -0.2) is 4.79 Å². The van der Waals surface area contributed by atoms with Gasteiger partial charge in [0.1, 0.15) is 6.04 Å². The molecule has 1 aromatic rings. The quantitative estimate of drug-likeness (QED) is 0.805. The second kappa shape index (κ2) is 4.99. The zero-order valence-electron chi connectivity index (χ0n) is 9.85. The van der Waals surface area contributed by atoms with Gasteiger partial charge in [-0.3, -0.25) is 0 Å². The molecule has 92 valence electrons. The van der Waals surface area contributed by atoms with Gasteiger partial charge in [0, 0.05) is 13.1 Å². The highest BCUT2D eigenvalue weighted by Gasteiger charge is 2.33. The van der Waals surface area contributed by atoms with E-state index < -0.39 is 0 Å². The fourth-order valence-electron chi connectivity index (χ4n) is 1.98. The molecule has 1 aliphatic heterocycles. The predicted molar refractivity (Wildman–Crippen MR) is 61.3 cm³/mol. The Hall–Kier alpha value is -1.85. The van der Waals surface area contributed by atoms with E-state index in [4.69, 9.17) is 4.52 Å². The van der Waals surface area contributed by atoms with Crippen LogP contribution in [-0.2, 0) is 0 Å². The van der Waals surface area contributed by atoms with Crippen molar-refractivity contribution in [2.75, 3.05) is 13.1 Å². The molecule has 0 aromatic carbocycles. The number of likely N-dealkylation sites (tertiary alicyclic amines) is 1. The van der Waals surface area contributed by atoms with Gasteiger partial charge in [0.25, 0.3) is 0 Å². The van der Waals surface area contributed by atoms with Crippen molar-refractivity contribution < 1.29 is 9.32 Å². The Morgan fingerprint density at radius 1 is 1.76 bits per heavy atom. The predicted octanol–water partition coefficient (Wildman–Crippen LogP) is 1.41. The summed E-state index contributed by atoms with van der Waals surface area (Å²) in [6.07, 6.45) is 3.47. The van der Waals surface area contributed by atoms with E-state index in [9.17, 15) is 4.79 Å². The lowest BCUT2D eigenvalue weighted by molar-refractivity contribution is 0.181. The van der Waals surface area contributed by atoms with Gasteiger partial charge in [-0.2, -0.15) is 4.98 Å². The first-order chi connectivity index (χ1) is 8.22. The molecule has 0 bridgehead atoms. The van der Waals surface area contributed by atoms with Gasteiger partial charge in [0.05, 0.1) is 0 Å². The number of amides is 2. The zero-order valence-corrected chi connectivity index (χ0v) is 9.85. The van der Waals surface area contributed by atoms with Crippen LogP contribution in [0.5, 0.6) is 0 Å². The second-order valence-corrected chi connectivity index (χ2v) is 4.01. The summed E-state index contributed by atoms with van der Waals surface area (Å²) in [5.41, 5.74) is 0. The molecule has 1 aromatic heterocycles. The number of aryl methyl sites for hydroxylation is 1. The second-order valence-electron chi connectivity index (χ2n) is 4.01. The molecular weight excluding hydrogens is 220 g/mol. The van der Waals surface area contributed by atoms with Crippen molar-refractivity contribution in [1.82, 2.24) is 20.4 Å². The van der Waals surface area contributed by atoms with Crippen LogP contribution in [0.2, 0.25) is 0 Å². The first-order valence-corrected chi connectivity index (χ1v) is 5.68. The molecule has 2 amide bonds. The van der Waals surface area contributed by atoms with E-state index in [1.165, 1.54) is 0 Å². The third kappa shape index (κ3) is 2.46. The summed E-state index contributed by atoms with van der Waals surface area (Å²) in [4.78, 5) is 17.8. The minimum absolute atomic E-state index is 0.0963. The van der Waals surface area contributed by atoms with E-state index in [1.807, 2.05) is 0 Å². The highest BCUT2D eigenvalue weighted by molar-refractivity contribution is 5.75. The van der Waals surface area contributed by atoms with Gasteiger partial charge >= 0.3 is 6.03 Å². The summed E-state index contributed by atoms with van der Waals surface area (Å²) in [7, 11) is 0. The molecule has 1 N–H and O–H groups in total. The van der Waals surface area contributed by atoms with Crippen molar-refractivity contribution in [2.45, 2.75) is 25.8 Å². The maximum atomic E-state index is 11.9. The highest BCUT2D eigenvalue weighted by Crippen LogP contribution is 2.30.